The lowest BCUT2D eigenvalue weighted by Gasteiger charge is -2.50. The number of nitrogens with one attached hydrogen (secondary N) is 1. The number of hydrogen-bond donors (Lipinski definition) is 3. The van der Waals surface area contributed by atoms with E-state index in [1.807, 2.05) is 0 Å². The Balaban J connectivity index is 1.59. The highest BCUT2D eigenvalue weighted by molar-refractivity contribution is 7.88. The van der Waals surface area contributed by atoms with Crippen LogP contribution in [0.1, 0.15) is 43.0 Å². The molecule has 1 aromatic carbocycles. The smallest absolute Gasteiger partial charge is 0.253 e. The van der Waals surface area contributed by atoms with Gasteiger partial charge in [-0.1, -0.05) is 0 Å². The first-order chi connectivity index (χ1) is 14.5. The first-order valence-electron chi connectivity index (χ1n) is 10.6. The Morgan fingerprint density at radius 1 is 1.32 bits per heavy atom. The van der Waals surface area contributed by atoms with Gasteiger partial charge in [0.1, 0.15) is 11.4 Å². The molecule has 174 valence electrons. The van der Waals surface area contributed by atoms with Crippen LogP contribution in [0.5, 0.6) is 5.75 Å². The highest BCUT2D eigenvalue weighted by atomic mass is 32.2. The van der Waals surface area contributed by atoms with E-state index in [0.29, 0.717) is 56.8 Å². The second kappa shape index (κ2) is 9.41. The Bertz CT molecular complexity index is 864. The van der Waals surface area contributed by atoms with Crippen LogP contribution in [0.25, 0.3) is 0 Å². The largest absolute Gasteiger partial charge is 0.494 e. The number of rotatable bonds is 7. The van der Waals surface area contributed by atoms with Crippen molar-refractivity contribution in [2.24, 2.45) is 5.73 Å². The van der Waals surface area contributed by atoms with Crippen LogP contribution in [-0.4, -0.2) is 80.7 Å². The van der Waals surface area contributed by atoms with E-state index < -0.39 is 27.3 Å². The Morgan fingerprint density at radius 3 is 2.55 bits per heavy atom. The molecule has 0 radical (unpaired) electrons. The molecule has 10 heteroatoms. The molecular formula is C21H33N3O6S. The van der Waals surface area contributed by atoms with Gasteiger partial charge in [-0.2, -0.15) is 0 Å². The summed E-state index contributed by atoms with van der Waals surface area (Å²) in [6.45, 7) is 3.73. The van der Waals surface area contributed by atoms with Crippen LogP contribution in [-0.2, 0) is 14.8 Å². The lowest BCUT2D eigenvalue weighted by Crippen LogP contribution is -2.64. The fraction of sp³-hybridized carbons (Fsp3) is 0.667. The predicted molar refractivity (Wildman–Crippen MR) is 116 cm³/mol. The van der Waals surface area contributed by atoms with Crippen LogP contribution < -0.4 is 15.2 Å². The second-order valence-corrected chi connectivity index (χ2v) is 10.6. The van der Waals surface area contributed by atoms with Crippen LogP contribution >= 0.6 is 0 Å². The molecule has 2 heterocycles. The molecular weight excluding hydrogens is 422 g/mol. The van der Waals surface area contributed by atoms with E-state index in [1.165, 1.54) is 0 Å². The molecule has 0 saturated carbocycles. The Hall–Kier alpha value is -1.72. The number of sulfonamides is 1. The number of nitrogens with zero attached hydrogens (tertiary/aromatic N) is 1. The molecule has 0 aromatic heterocycles. The molecule has 0 aliphatic carbocycles. The van der Waals surface area contributed by atoms with Gasteiger partial charge in [-0.25, -0.2) is 13.1 Å². The minimum absolute atomic E-state index is 0.0414. The van der Waals surface area contributed by atoms with Gasteiger partial charge >= 0.3 is 0 Å². The molecule has 3 rings (SSSR count). The summed E-state index contributed by atoms with van der Waals surface area (Å²) in [4.78, 5) is 14.7. The average Bonchev–Trinajstić information content (AvgIpc) is 2.71. The van der Waals surface area contributed by atoms with Crippen molar-refractivity contribution in [1.82, 2.24) is 9.62 Å². The second-order valence-electron chi connectivity index (χ2n) is 8.78. The number of amides is 1. The Morgan fingerprint density at radius 2 is 1.97 bits per heavy atom. The molecule has 2 saturated heterocycles. The number of aliphatic hydroxyl groups is 1. The van der Waals surface area contributed by atoms with Gasteiger partial charge in [0.05, 0.1) is 31.1 Å². The maximum atomic E-state index is 12.9. The third-order valence-electron chi connectivity index (χ3n) is 6.03. The number of ether oxygens (including phenoxy) is 2. The SMILES string of the molecule is C[C@]1(O)COC2(CCN(C(=O)c3ccc(OCCCN)cc3)CC2)C[C@@H]1NS(C)(=O)=O. The molecule has 1 amide bonds. The minimum Gasteiger partial charge on any atom is -0.494 e. The van der Waals surface area contributed by atoms with Crippen LogP contribution in [0.15, 0.2) is 24.3 Å². The van der Waals surface area contributed by atoms with Gasteiger partial charge in [0, 0.05) is 18.7 Å². The number of nitrogens with two attached hydrogens (primary N) is 1. The molecule has 2 aliphatic heterocycles. The summed E-state index contributed by atoms with van der Waals surface area (Å²) in [6, 6.07) is 6.44. The van der Waals surface area contributed by atoms with Gasteiger partial charge in [0.25, 0.3) is 5.91 Å². The van der Waals surface area contributed by atoms with E-state index in [9.17, 15) is 18.3 Å². The fourth-order valence-corrected chi connectivity index (χ4v) is 4.95. The summed E-state index contributed by atoms with van der Waals surface area (Å²) in [7, 11) is -3.47. The van der Waals surface area contributed by atoms with Gasteiger partial charge in [-0.15, -0.1) is 0 Å². The van der Waals surface area contributed by atoms with Crippen molar-refractivity contribution >= 4 is 15.9 Å². The van der Waals surface area contributed by atoms with Crippen LogP contribution in [0.4, 0.5) is 0 Å². The van der Waals surface area contributed by atoms with E-state index in [4.69, 9.17) is 15.2 Å². The monoisotopic (exact) mass is 455 g/mol. The van der Waals surface area contributed by atoms with Crippen molar-refractivity contribution < 1.29 is 27.8 Å². The standard InChI is InChI=1S/C21H33N3O6S/c1-20(26)15-30-21(14-18(20)23-31(2,27)28)8-11-24(12-9-21)19(25)16-4-6-17(7-5-16)29-13-3-10-22/h4-7,18,23,26H,3,8-15,22H2,1-2H3/t18-,20-/m0/s1. The molecule has 9 nitrogen and oxygen atoms in total. The van der Waals surface area contributed by atoms with Crippen molar-refractivity contribution in [2.75, 3.05) is 39.1 Å². The zero-order valence-electron chi connectivity index (χ0n) is 18.2. The van der Waals surface area contributed by atoms with Crippen LogP contribution in [0.3, 0.4) is 0 Å². The zero-order chi connectivity index (χ0) is 22.7. The number of hydrogen-bond acceptors (Lipinski definition) is 7. The first-order valence-corrected chi connectivity index (χ1v) is 12.5. The topological polar surface area (TPSA) is 131 Å². The lowest BCUT2D eigenvalue weighted by molar-refractivity contribution is -0.187. The van der Waals surface area contributed by atoms with Gasteiger partial charge in [-0.3, -0.25) is 4.79 Å². The Kier molecular flexibility index (Phi) is 7.27. The maximum Gasteiger partial charge on any atom is 0.253 e. The van der Waals surface area contributed by atoms with Gasteiger partial charge in [0.15, 0.2) is 0 Å². The highest BCUT2D eigenvalue weighted by Gasteiger charge is 2.49. The summed E-state index contributed by atoms with van der Waals surface area (Å²) >= 11 is 0. The summed E-state index contributed by atoms with van der Waals surface area (Å²) in [5.41, 5.74) is 4.21. The third-order valence-corrected chi connectivity index (χ3v) is 6.75. The number of likely N-dealkylation sites (tertiary alicyclic amines) is 1. The summed E-state index contributed by atoms with van der Waals surface area (Å²) in [5.74, 6) is 0.645. The molecule has 2 atom stereocenters. The van der Waals surface area contributed by atoms with E-state index in [0.717, 1.165) is 12.7 Å². The molecule has 0 unspecified atom stereocenters. The summed E-state index contributed by atoms with van der Waals surface area (Å²) in [5, 5.41) is 10.6. The number of carbonyl (C=O) groups is 1. The molecule has 2 aliphatic rings. The van der Waals surface area contributed by atoms with Crippen molar-refractivity contribution in [2.45, 2.75) is 49.9 Å². The average molecular weight is 456 g/mol. The Labute approximate surface area is 183 Å². The molecule has 1 aromatic rings. The van der Waals surface area contributed by atoms with Crippen LogP contribution in [0, 0.1) is 0 Å². The zero-order valence-corrected chi connectivity index (χ0v) is 19.0. The van der Waals surface area contributed by atoms with Gasteiger partial charge < -0.3 is 25.2 Å². The molecule has 4 N–H and O–H groups in total. The third kappa shape index (κ3) is 6.17. The number of piperidine rings is 1. The number of benzene rings is 1. The minimum atomic E-state index is -3.47. The fourth-order valence-electron chi connectivity index (χ4n) is 4.09. The maximum absolute atomic E-state index is 12.9. The normalized spacial score (nSPS) is 26.1. The number of carbonyl (C=O) groups excluding carboxylic acids is 1. The summed E-state index contributed by atoms with van der Waals surface area (Å²) in [6.07, 6.45) is 3.38. The molecule has 31 heavy (non-hydrogen) atoms. The van der Waals surface area contributed by atoms with Crippen molar-refractivity contribution in [3.63, 3.8) is 0 Å². The van der Waals surface area contributed by atoms with E-state index >= 15 is 0 Å². The van der Waals surface area contributed by atoms with Gasteiger partial charge in [-0.05, 0) is 63.4 Å². The van der Waals surface area contributed by atoms with Gasteiger partial charge in [0.2, 0.25) is 10.0 Å². The van der Waals surface area contributed by atoms with Crippen molar-refractivity contribution in [1.29, 1.82) is 0 Å². The van der Waals surface area contributed by atoms with E-state index in [1.54, 1.807) is 36.1 Å². The highest BCUT2D eigenvalue weighted by Crippen LogP contribution is 2.38. The molecule has 2 fully saturated rings. The van der Waals surface area contributed by atoms with E-state index in [-0.39, 0.29) is 12.5 Å². The lowest BCUT2D eigenvalue weighted by atomic mass is 9.78. The predicted octanol–water partition coefficient (Wildman–Crippen LogP) is 0.478. The molecule has 0 bridgehead atoms. The van der Waals surface area contributed by atoms with Crippen LogP contribution in [0.2, 0.25) is 0 Å². The van der Waals surface area contributed by atoms with E-state index in [2.05, 4.69) is 4.72 Å². The van der Waals surface area contributed by atoms with Crippen molar-refractivity contribution in [3.05, 3.63) is 29.8 Å². The summed E-state index contributed by atoms with van der Waals surface area (Å²) < 4.78 is 37.6. The quantitative estimate of drug-likeness (QED) is 0.510. The first kappa shape index (κ1) is 23.9. The van der Waals surface area contributed by atoms with Crippen molar-refractivity contribution in [3.8, 4) is 5.75 Å². The molecule has 1 spiro atoms.